The first-order valence-corrected chi connectivity index (χ1v) is 9.25. The zero-order valence-corrected chi connectivity index (χ0v) is 16.0. The summed E-state index contributed by atoms with van der Waals surface area (Å²) in [6.45, 7) is 1.85. The minimum atomic E-state index is -0.543. The van der Waals surface area contributed by atoms with Crippen LogP contribution in [0.2, 0.25) is 0 Å². The van der Waals surface area contributed by atoms with Crippen LogP contribution in [-0.4, -0.2) is 35.1 Å². The van der Waals surface area contributed by atoms with Crippen molar-refractivity contribution in [2.45, 2.75) is 38.7 Å². The van der Waals surface area contributed by atoms with Crippen molar-refractivity contribution in [3.05, 3.63) is 42.2 Å². The Hall–Kier alpha value is -3.00. The second-order valence-electron chi connectivity index (χ2n) is 6.77. The summed E-state index contributed by atoms with van der Waals surface area (Å²) >= 11 is 0. The Kier molecular flexibility index (Phi) is 6.54. The number of aromatic nitrogens is 2. The molecule has 0 aliphatic heterocycles. The average Bonchev–Trinajstić information content (AvgIpc) is 2.71. The van der Waals surface area contributed by atoms with Crippen molar-refractivity contribution in [2.24, 2.45) is 5.92 Å². The molecule has 2 aromatic rings. The Labute approximate surface area is 163 Å². The van der Waals surface area contributed by atoms with Crippen LogP contribution in [0.4, 0.5) is 10.5 Å². The quantitative estimate of drug-likeness (QED) is 0.819. The number of hydrogen-bond donors (Lipinski definition) is 2. The number of rotatable bonds is 5. The molecular formula is C20H24N4O4. The number of ether oxygens (including phenoxy) is 2. The van der Waals surface area contributed by atoms with Gasteiger partial charge in [0.15, 0.2) is 0 Å². The van der Waals surface area contributed by atoms with E-state index in [9.17, 15) is 9.59 Å². The van der Waals surface area contributed by atoms with E-state index in [2.05, 4.69) is 20.6 Å². The Morgan fingerprint density at radius 1 is 1.11 bits per heavy atom. The minimum Gasteiger partial charge on any atom is -0.424 e. The Balaban J connectivity index is 1.52. The highest BCUT2D eigenvalue weighted by molar-refractivity contribution is 6.01. The van der Waals surface area contributed by atoms with Crippen molar-refractivity contribution < 1.29 is 19.1 Å². The lowest BCUT2D eigenvalue weighted by Crippen LogP contribution is -2.40. The third-order valence-electron chi connectivity index (χ3n) is 4.79. The lowest BCUT2D eigenvalue weighted by molar-refractivity contribution is -0.125. The molecule has 3 rings (SSSR count). The van der Waals surface area contributed by atoms with E-state index in [-0.39, 0.29) is 23.9 Å². The van der Waals surface area contributed by atoms with Crippen molar-refractivity contribution in [2.75, 3.05) is 12.4 Å². The molecule has 28 heavy (non-hydrogen) atoms. The number of imide groups is 1. The van der Waals surface area contributed by atoms with Gasteiger partial charge in [0.1, 0.15) is 5.75 Å². The molecule has 0 saturated heterocycles. The van der Waals surface area contributed by atoms with Crippen molar-refractivity contribution in [1.82, 2.24) is 15.3 Å². The van der Waals surface area contributed by atoms with Crippen LogP contribution in [0.3, 0.4) is 0 Å². The summed E-state index contributed by atoms with van der Waals surface area (Å²) in [5, 5.41) is 5.11. The van der Waals surface area contributed by atoms with E-state index >= 15 is 0 Å². The van der Waals surface area contributed by atoms with Crippen molar-refractivity contribution in [3.63, 3.8) is 0 Å². The number of hydrogen-bond acceptors (Lipinski definition) is 6. The zero-order chi connectivity index (χ0) is 19.9. The summed E-state index contributed by atoms with van der Waals surface area (Å²) in [6, 6.07) is 6.58. The highest BCUT2D eigenvalue weighted by Crippen LogP contribution is 2.27. The number of benzene rings is 1. The Bertz CT molecular complexity index is 820. The normalized spacial score (nSPS) is 18.9. The predicted molar refractivity (Wildman–Crippen MR) is 103 cm³/mol. The standard InChI is InChI=1S/C20H24N4O4/c1-13-12-15(6-9-17(13)28-20-21-10-3-11-22-20)23-19(26)24-18(25)14-4-7-16(27-2)8-5-14/h3,6,9-12,14,16H,4-5,7-8H2,1-2H3,(H2,23,24,25,26). The van der Waals surface area contributed by atoms with E-state index in [0.717, 1.165) is 31.2 Å². The van der Waals surface area contributed by atoms with E-state index in [1.807, 2.05) is 6.92 Å². The van der Waals surface area contributed by atoms with Crippen LogP contribution in [0.15, 0.2) is 36.7 Å². The molecule has 2 N–H and O–H groups in total. The van der Waals surface area contributed by atoms with Crippen LogP contribution in [0.1, 0.15) is 31.2 Å². The van der Waals surface area contributed by atoms with Gasteiger partial charge in [-0.3, -0.25) is 10.1 Å². The van der Waals surface area contributed by atoms with Gasteiger partial charge in [-0.1, -0.05) is 0 Å². The number of nitrogens with one attached hydrogen (secondary N) is 2. The van der Waals surface area contributed by atoms with Gasteiger partial charge in [-0.2, -0.15) is 0 Å². The van der Waals surface area contributed by atoms with Crippen LogP contribution >= 0.6 is 0 Å². The van der Waals surface area contributed by atoms with Gasteiger partial charge in [0.2, 0.25) is 5.91 Å². The predicted octanol–water partition coefficient (Wildman–Crippen LogP) is 3.43. The summed E-state index contributed by atoms with van der Waals surface area (Å²) in [6.07, 6.45) is 6.52. The molecule has 8 heteroatoms. The molecule has 0 atom stereocenters. The van der Waals surface area contributed by atoms with Gasteiger partial charge in [-0.25, -0.2) is 14.8 Å². The molecule has 148 valence electrons. The summed E-state index contributed by atoms with van der Waals surface area (Å²) < 4.78 is 10.9. The molecule has 0 radical (unpaired) electrons. The number of urea groups is 1. The maximum Gasteiger partial charge on any atom is 0.325 e. The van der Waals surface area contributed by atoms with E-state index in [1.165, 1.54) is 0 Å². The van der Waals surface area contributed by atoms with Crippen molar-refractivity contribution in [3.8, 4) is 11.8 Å². The first kappa shape index (κ1) is 19.8. The van der Waals surface area contributed by atoms with E-state index in [0.29, 0.717) is 11.4 Å². The number of aryl methyl sites for hydroxylation is 1. The number of methoxy groups -OCH3 is 1. The molecule has 1 saturated carbocycles. The van der Waals surface area contributed by atoms with E-state index < -0.39 is 6.03 Å². The number of anilines is 1. The SMILES string of the molecule is COC1CCC(C(=O)NC(=O)Nc2ccc(Oc3ncccn3)c(C)c2)CC1. The molecule has 1 aromatic carbocycles. The summed E-state index contributed by atoms with van der Waals surface area (Å²) in [5.41, 5.74) is 1.36. The molecule has 1 heterocycles. The molecule has 1 aromatic heterocycles. The van der Waals surface area contributed by atoms with Crippen molar-refractivity contribution in [1.29, 1.82) is 0 Å². The maximum atomic E-state index is 12.3. The Morgan fingerprint density at radius 3 is 2.46 bits per heavy atom. The fraction of sp³-hybridized carbons (Fsp3) is 0.400. The smallest absolute Gasteiger partial charge is 0.325 e. The van der Waals surface area contributed by atoms with Crippen LogP contribution < -0.4 is 15.4 Å². The third kappa shape index (κ3) is 5.26. The number of nitrogens with zero attached hydrogens (tertiary/aromatic N) is 2. The number of amides is 3. The number of carbonyl (C=O) groups is 2. The van der Waals surface area contributed by atoms with Gasteiger partial charge >= 0.3 is 12.0 Å². The molecule has 3 amide bonds. The van der Waals surface area contributed by atoms with Gasteiger partial charge in [-0.05, 0) is 62.4 Å². The first-order valence-electron chi connectivity index (χ1n) is 9.25. The molecule has 0 unspecified atom stereocenters. The van der Waals surface area contributed by atoms with Gasteiger partial charge in [0, 0.05) is 31.1 Å². The summed E-state index contributed by atoms with van der Waals surface area (Å²) in [5.74, 6) is 0.189. The van der Waals surface area contributed by atoms with Crippen molar-refractivity contribution >= 4 is 17.6 Å². The zero-order valence-electron chi connectivity index (χ0n) is 16.0. The molecule has 0 bridgehead atoms. The van der Waals surface area contributed by atoms with Gasteiger partial charge in [0.05, 0.1) is 6.10 Å². The van der Waals surface area contributed by atoms with Gasteiger partial charge in [0.25, 0.3) is 0 Å². The van der Waals surface area contributed by atoms with Crippen LogP contribution in [0.5, 0.6) is 11.8 Å². The minimum absolute atomic E-state index is 0.152. The maximum absolute atomic E-state index is 12.3. The van der Waals surface area contributed by atoms with Crippen LogP contribution in [0.25, 0.3) is 0 Å². The van der Waals surface area contributed by atoms with E-state index in [4.69, 9.17) is 9.47 Å². The fourth-order valence-corrected chi connectivity index (χ4v) is 3.22. The summed E-state index contributed by atoms with van der Waals surface area (Å²) in [7, 11) is 1.68. The molecule has 8 nitrogen and oxygen atoms in total. The number of carbonyl (C=O) groups excluding carboxylic acids is 2. The lowest BCUT2D eigenvalue weighted by atomic mass is 9.87. The second-order valence-corrected chi connectivity index (χ2v) is 6.77. The van der Waals surface area contributed by atoms with E-state index in [1.54, 1.807) is 43.8 Å². The molecule has 1 aliphatic rings. The second kappa shape index (κ2) is 9.27. The van der Waals surface area contributed by atoms with Gasteiger partial charge in [-0.15, -0.1) is 0 Å². The molecular weight excluding hydrogens is 360 g/mol. The average molecular weight is 384 g/mol. The third-order valence-corrected chi connectivity index (χ3v) is 4.79. The highest BCUT2D eigenvalue weighted by atomic mass is 16.5. The fourth-order valence-electron chi connectivity index (χ4n) is 3.22. The first-order chi connectivity index (χ1) is 13.5. The monoisotopic (exact) mass is 384 g/mol. The largest absolute Gasteiger partial charge is 0.424 e. The molecule has 1 aliphatic carbocycles. The molecule has 1 fully saturated rings. The highest BCUT2D eigenvalue weighted by Gasteiger charge is 2.27. The topological polar surface area (TPSA) is 102 Å². The van der Waals surface area contributed by atoms with Gasteiger partial charge < -0.3 is 14.8 Å². The molecule has 0 spiro atoms. The van der Waals surface area contributed by atoms with Crippen LogP contribution in [0, 0.1) is 12.8 Å². The lowest BCUT2D eigenvalue weighted by Gasteiger charge is -2.26. The Morgan fingerprint density at radius 2 is 1.82 bits per heavy atom. The summed E-state index contributed by atoms with van der Waals surface area (Å²) in [4.78, 5) is 32.5. The van der Waals surface area contributed by atoms with Crippen LogP contribution in [-0.2, 0) is 9.53 Å².